The molecular formula is C22H27Cl2N5O4S. The molecule has 0 aliphatic carbocycles. The first kappa shape index (κ1) is 25.2. The Bertz CT molecular complexity index is 1100. The molecule has 1 aromatic rings. The maximum absolute atomic E-state index is 13.3. The van der Waals surface area contributed by atoms with Crippen LogP contribution in [0.2, 0.25) is 10.0 Å². The number of nitrogens with zero attached hydrogens (tertiary/aromatic N) is 4. The first-order chi connectivity index (χ1) is 16.2. The first-order valence-corrected chi connectivity index (χ1v) is 13.5. The quantitative estimate of drug-likeness (QED) is 0.607. The van der Waals surface area contributed by atoms with Crippen LogP contribution in [0.25, 0.3) is 0 Å². The second-order valence-electron chi connectivity index (χ2n) is 8.99. The van der Waals surface area contributed by atoms with Crippen LogP contribution in [0.15, 0.2) is 18.2 Å². The number of carbonyl (C=O) groups is 2. The zero-order valence-corrected chi connectivity index (χ0v) is 20.9. The van der Waals surface area contributed by atoms with Gasteiger partial charge in [0.25, 0.3) is 10.2 Å². The van der Waals surface area contributed by atoms with Gasteiger partial charge in [-0.15, -0.1) is 0 Å². The van der Waals surface area contributed by atoms with Crippen LogP contribution in [0.1, 0.15) is 31.2 Å². The summed E-state index contributed by atoms with van der Waals surface area (Å²) in [7, 11) is -3.69. The van der Waals surface area contributed by atoms with Crippen molar-refractivity contribution in [3.63, 3.8) is 0 Å². The summed E-state index contributed by atoms with van der Waals surface area (Å²) in [6.45, 7) is 1.50. The molecule has 4 rings (SSSR count). The van der Waals surface area contributed by atoms with E-state index < -0.39 is 22.2 Å². The lowest BCUT2D eigenvalue weighted by molar-refractivity contribution is -0.142. The van der Waals surface area contributed by atoms with E-state index in [4.69, 9.17) is 28.5 Å². The van der Waals surface area contributed by atoms with E-state index in [1.807, 2.05) is 0 Å². The number of benzene rings is 1. The molecule has 0 radical (unpaired) electrons. The highest BCUT2D eigenvalue weighted by Crippen LogP contribution is 2.29. The van der Waals surface area contributed by atoms with Gasteiger partial charge in [0.15, 0.2) is 0 Å². The summed E-state index contributed by atoms with van der Waals surface area (Å²) >= 11 is 12.2. The predicted molar refractivity (Wildman–Crippen MR) is 127 cm³/mol. The minimum absolute atomic E-state index is 0.0951. The van der Waals surface area contributed by atoms with Gasteiger partial charge in [-0.3, -0.25) is 9.59 Å². The van der Waals surface area contributed by atoms with Crippen LogP contribution in [0.3, 0.4) is 0 Å². The monoisotopic (exact) mass is 527 g/mol. The molecule has 3 aliphatic heterocycles. The van der Waals surface area contributed by atoms with Gasteiger partial charge in [-0.05, 0) is 49.4 Å². The van der Waals surface area contributed by atoms with E-state index in [2.05, 4.69) is 11.4 Å². The van der Waals surface area contributed by atoms with E-state index in [1.54, 1.807) is 23.1 Å². The number of hydrogen-bond acceptors (Lipinski definition) is 5. The zero-order chi connectivity index (χ0) is 24.5. The minimum Gasteiger partial charge on any atom is -0.350 e. The van der Waals surface area contributed by atoms with Crippen molar-refractivity contribution in [1.82, 2.24) is 18.8 Å². The topological polar surface area (TPSA) is 114 Å². The van der Waals surface area contributed by atoms with Gasteiger partial charge >= 0.3 is 0 Å². The van der Waals surface area contributed by atoms with Gasteiger partial charge in [0.2, 0.25) is 11.8 Å². The Balaban J connectivity index is 1.37. The van der Waals surface area contributed by atoms with Gasteiger partial charge in [0.1, 0.15) is 6.04 Å². The van der Waals surface area contributed by atoms with Crippen LogP contribution in [0, 0.1) is 23.2 Å². The molecule has 1 N–H and O–H groups in total. The van der Waals surface area contributed by atoms with E-state index in [0.29, 0.717) is 54.4 Å². The Kier molecular flexibility index (Phi) is 7.69. The highest BCUT2D eigenvalue weighted by Gasteiger charge is 2.44. The highest BCUT2D eigenvalue weighted by atomic mass is 35.5. The van der Waals surface area contributed by atoms with Gasteiger partial charge in [-0.2, -0.15) is 22.3 Å². The Morgan fingerprint density at radius 1 is 1.09 bits per heavy atom. The van der Waals surface area contributed by atoms with Gasteiger partial charge in [-0.1, -0.05) is 23.2 Å². The number of rotatable bonds is 6. The van der Waals surface area contributed by atoms with Crippen molar-refractivity contribution < 1.29 is 18.0 Å². The third kappa shape index (κ3) is 5.19. The van der Waals surface area contributed by atoms with Crippen LogP contribution in [0.4, 0.5) is 0 Å². The fourth-order valence-corrected chi connectivity index (χ4v) is 6.91. The van der Waals surface area contributed by atoms with Crippen LogP contribution < -0.4 is 5.32 Å². The lowest BCUT2D eigenvalue weighted by Crippen LogP contribution is -2.57. The van der Waals surface area contributed by atoms with Crippen molar-refractivity contribution in [2.24, 2.45) is 11.8 Å². The lowest BCUT2D eigenvalue weighted by atomic mass is 9.97. The van der Waals surface area contributed by atoms with Crippen molar-refractivity contribution in [3.8, 4) is 6.07 Å². The van der Waals surface area contributed by atoms with Crippen molar-refractivity contribution in [2.75, 3.05) is 32.7 Å². The molecule has 0 aromatic heterocycles. The molecular weight excluding hydrogens is 501 g/mol. The molecule has 3 aliphatic rings. The molecule has 0 saturated carbocycles. The van der Waals surface area contributed by atoms with E-state index >= 15 is 0 Å². The summed E-state index contributed by atoms with van der Waals surface area (Å²) in [5, 5.41) is 12.8. The summed E-state index contributed by atoms with van der Waals surface area (Å²) in [5.41, 5.74) is 0.691. The molecule has 1 aromatic carbocycles. The number of likely N-dealkylation sites (tertiary alicyclic amines) is 1. The van der Waals surface area contributed by atoms with Crippen molar-refractivity contribution in [3.05, 3.63) is 33.8 Å². The molecule has 34 heavy (non-hydrogen) atoms. The Morgan fingerprint density at radius 2 is 1.82 bits per heavy atom. The average Bonchev–Trinajstić information content (AvgIpc) is 3.28. The Labute approximate surface area is 209 Å². The third-order valence-electron chi connectivity index (χ3n) is 6.72. The van der Waals surface area contributed by atoms with Crippen LogP contribution in [-0.2, 0) is 26.3 Å². The van der Waals surface area contributed by atoms with E-state index in [1.165, 1.54) is 8.61 Å². The fourth-order valence-electron chi connectivity index (χ4n) is 4.74. The fraction of sp³-hybridized carbons (Fsp3) is 0.591. The largest absolute Gasteiger partial charge is 0.350 e. The SMILES string of the molecule is N#CC1CN(S(=O)(=O)N2CCC[C@H](C(=O)N3CCC[C@@H]3C(=O)NCc3cc(Cl)ccc3Cl)C2)C1. The molecule has 184 valence electrons. The van der Waals surface area contributed by atoms with Gasteiger partial charge in [0.05, 0.1) is 17.9 Å². The summed E-state index contributed by atoms with van der Waals surface area (Å²) in [5.74, 6) is -1.21. The molecule has 2 atom stereocenters. The van der Waals surface area contributed by atoms with E-state index in [-0.39, 0.29) is 43.9 Å². The molecule has 9 nitrogen and oxygen atoms in total. The average molecular weight is 528 g/mol. The number of piperidine rings is 1. The molecule has 12 heteroatoms. The van der Waals surface area contributed by atoms with Crippen molar-refractivity contribution in [1.29, 1.82) is 5.26 Å². The summed E-state index contributed by atoms with van der Waals surface area (Å²) in [6, 6.07) is 6.51. The third-order valence-corrected chi connectivity index (χ3v) is 9.25. The number of amides is 2. The zero-order valence-electron chi connectivity index (χ0n) is 18.6. The number of nitrogens with one attached hydrogen (secondary N) is 1. The Hall–Kier alpha value is -1.90. The molecule has 3 fully saturated rings. The van der Waals surface area contributed by atoms with Crippen LogP contribution >= 0.6 is 23.2 Å². The van der Waals surface area contributed by atoms with Crippen molar-refractivity contribution in [2.45, 2.75) is 38.3 Å². The van der Waals surface area contributed by atoms with E-state index in [0.717, 1.165) is 0 Å². The second kappa shape index (κ2) is 10.4. The summed E-state index contributed by atoms with van der Waals surface area (Å²) in [4.78, 5) is 27.8. The minimum atomic E-state index is -3.69. The maximum Gasteiger partial charge on any atom is 0.282 e. The normalized spacial score (nSPS) is 24.4. The predicted octanol–water partition coefficient (Wildman–Crippen LogP) is 2.01. The van der Waals surface area contributed by atoms with Gasteiger partial charge in [0, 0.05) is 49.3 Å². The highest BCUT2D eigenvalue weighted by molar-refractivity contribution is 7.86. The maximum atomic E-state index is 13.3. The Morgan fingerprint density at radius 3 is 2.56 bits per heavy atom. The standard InChI is InChI=1S/C22H27Cl2N5O4S/c23-18-5-6-19(24)17(9-18)11-26-21(30)20-4-2-8-29(20)22(31)16-3-1-7-27(14-16)34(32,33)28-12-15(10-25)13-28/h5-6,9,15-16,20H,1-4,7-8,11-14H2,(H,26,30)/t16-,20+/m0/s1. The number of nitriles is 1. The molecule has 2 amide bonds. The first-order valence-electron chi connectivity index (χ1n) is 11.4. The summed E-state index contributed by atoms with van der Waals surface area (Å²) in [6.07, 6.45) is 2.41. The lowest BCUT2D eigenvalue weighted by Gasteiger charge is -2.41. The number of hydrogen-bond donors (Lipinski definition) is 1. The molecule has 0 unspecified atom stereocenters. The summed E-state index contributed by atoms with van der Waals surface area (Å²) < 4.78 is 28.4. The smallest absolute Gasteiger partial charge is 0.282 e. The van der Waals surface area contributed by atoms with Gasteiger partial charge in [-0.25, -0.2) is 0 Å². The number of halogens is 2. The number of carbonyl (C=O) groups excluding carboxylic acids is 2. The molecule has 3 saturated heterocycles. The molecule has 3 heterocycles. The van der Waals surface area contributed by atoms with Crippen molar-refractivity contribution >= 4 is 45.2 Å². The van der Waals surface area contributed by atoms with E-state index in [9.17, 15) is 18.0 Å². The second-order valence-corrected chi connectivity index (χ2v) is 11.8. The van der Waals surface area contributed by atoms with Crippen LogP contribution in [-0.4, -0.2) is 72.5 Å². The van der Waals surface area contributed by atoms with Crippen LogP contribution in [0.5, 0.6) is 0 Å². The van der Waals surface area contributed by atoms with Gasteiger partial charge < -0.3 is 10.2 Å². The molecule has 0 bridgehead atoms. The molecule has 0 spiro atoms.